The van der Waals surface area contributed by atoms with Crippen LogP contribution in [0.2, 0.25) is 0 Å². The quantitative estimate of drug-likeness (QED) is 0.108. The molecular weight excluding hydrogens is 609 g/mol. The zero-order valence-corrected chi connectivity index (χ0v) is 27.0. The second-order valence-electron chi connectivity index (χ2n) is 10.5. The van der Waals surface area contributed by atoms with E-state index in [0.717, 1.165) is 16.0 Å². The molecule has 3 aromatic carbocycles. The van der Waals surface area contributed by atoms with Crippen LogP contribution in [0.15, 0.2) is 84.2 Å². The average Bonchev–Trinajstić information content (AvgIpc) is 3.51. The number of allylic oxidation sites excluding steroid dienone is 4. The highest BCUT2D eigenvalue weighted by molar-refractivity contribution is 7.12. The van der Waals surface area contributed by atoms with E-state index in [0.29, 0.717) is 58.7 Å². The molecule has 10 heteroatoms. The van der Waals surface area contributed by atoms with Gasteiger partial charge in [0.2, 0.25) is 0 Å². The summed E-state index contributed by atoms with van der Waals surface area (Å²) >= 11 is 1.30. The first kappa shape index (κ1) is 32.4. The largest absolute Gasteiger partial charge is 0.497 e. The van der Waals surface area contributed by atoms with Crippen LogP contribution < -0.4 is 23.7 Å². The van der Waals surface area contributed by atoms with Crippen molar-refractivity contribution in [1.29, 1.82) is 0 Å². The number of hydrogen-bond acceptors (Lipinski definition) is 9. The number of halogens is 1. The molecule has 0 bridgehead atoms. The van der Waals surface area contributed by atoms with E-state index in [4.69, 9.17) is 28.7 Å². The molecule has 0 amide bonds. The Morgan fingerprint density at radius 3 is 1.78 bits per heavy atom. The number of carbonyl (C=O) groups excluding carboxylic acids is 2. The maximum atomic E-state index is 14.4. The Kier molecular flexibility index (Phi) is 10.2. The first-order valence-corrected chi connectivity index (χ1v) is 15.3. The maximum absolute atomic E-state index is 14.4. The van der Waals surface area contributed by atoms with Crippen molar-refractivity contribution in [2.45, 2.75) is 25.2 Å². The van der Waals surface area contributed by atoms with E-state index >= 15 is 0 Å². The summed E-state index contributed by atoms with van der Waals surface area (Å²) in [5, 5.41) is 0.332. The summed E-state index contributed by atoms with van der Waals surface area (Å²) in [6.07, 6.45) is 4.66. The Balaban J connectivity index is 1.66. The Hall–Kier alpha value is -4.96. The van der Waals surface area contributed by atoms with Gasteiger partial charge in [-0.25, -0.2) is 9.37 Å². The second kappa shape index (κ2) is 14.4. The van der Waals surface area contributed by atoms with Crippen molar-refractivity contribution in [3.8, 4) is 40.0 Å². The van der Waals surface area contributed by atoms with E-state index in [2.05, 4.69) is 0 Å². The summed E-state index contributed by atoms with van der Waals surface area (Å²) in [4.78, 5) is 34.6. The van der Waals surface area contributed by atoms with Gasteiger partial charge in [-0.3, -0.25) is 9.59 Å². The minimum atomic E-state index is -1.29. The maximum Gasteiger partial charge on any atom is 0.180 e. The lowest BCUT2D eigenvalue weighted by molar-refractivity contribution is 0.0859. The number of Topliss-reactive ketones (excluding diaryl/α,β-unsaturated/α-hetero) is 2. The lowest BCUT2D eigenvalue weighted by Crippen LogP contribution is -2.23. The van der Waals surface area contributed by atoms with Crippen LogP contribution in [0.1, 0.15) is 49.4 Å². The number of ketones is 2. The number of benzene rings is 3. The van der Waals surface area contributed by atoms with Crippen LogP contribution in [0, 0.1) is 0 Å². The molecule has 46 heavy (non-hydrogen) atoms. The average molecular weight is 644 g/mol. The minimum absolute atomic E-state index is 0.162. The standard InChI is InChI=1S/C36H34FNO7S/c1-41-26-14-8-22(9-15-26)33-31(18-21-6-12-25(37)13-7-21)46-36(38-33)32(34(39)23-10-16-27(42-2)29(19-23)44-4)35(40)24-11-17-28(43-3)30(20-24)45-5/h6,8-12,14-17,19-20,32H,7,13,18H2,1-5H3. The van der Waals surface area contributed by atoms with Crippen molar-refractivity contribution in [3.63, 3.8) is 0 Å². The van der Waals surface area contributed by atoms with Crippen LogP contribution in [0.3, 0.4) is 0 Å². The van der Waals surface area contributed by atoms with Gasteiger partial charge >= 0.3 is 0 Å². The fraction of sp³-hybridized carbons (Fsp3) is 0.250. The van der Waals surface area contributed by atoms with Crippen LogP contribution in [0.4, 0.5) is 4.39 Å². The predicted molar refractivity (Wildman–Crippen MR) is 175 cm³/mol. The van der Waals surface area contributed by atoms with E-state index < -0.39 is 17.5 Å². The van der Waals surface area contributed by atoms with Crippen LogP contribution in [0.5, 0.6) is 28.7 Å². The van der Waals surface area contributed by atoms with Gasteiger partial charge in [-0.2, -0.15) is 0 Å². The minimum Gasteiger partial charge on any atom is -0.497 e. The van der Waals surface area contributed by atoms with E-state index in [9.17, 15) is 14.0 Å². The zero-order valence-electron chi connectivity index (χ0n) is 26.2. The van der Waals surface area contributed by atoms with E-state index in [-0.39, 0.29) is 17.0 Å². The highest BCUT2D eigenvalue weighted by Gasteiger charge is 2.35. The van der Waals surface area contributed by atoms with Crippen molar-refractivity contribution in [3.05, 3.63) is 105 Å². The summed E-state index contributed by atoms with van der Waals surface area (Å²) in [5.41, 5.74) is 2.99. The van der Waals surface area contributed by atoms with E-state index in [1.54, 1.807) is 49.6 Å². The van der Waals surface area contributed by atoms with Gasteiger partial charge in [0.05, 0.1) is 41.2 Å². The van der Waals surface area contributed by atoms with E-state index in [1.165, 1.54) is 45.9 Å². The molecule has 0 aliphatic heterocycles. The van der Waals surface area contributed by atoms with Crippen LogP contribution in [-0.2, 0) is 6.42 Å². The lowest BCUT2D eigenvalue weighted by Gasteiger charge is -2.16. The van der Waals surface area contributed by atoms with Crippen molar-refractivity contribution < 1.29 is 37.7 Å². The lowest BCUT2D eigenvalue weighted by atomic mass is 9.90. The number of thiazole rings is 1. The van der Waals surface area contributed by atoms with Gasteiger partial charge in [0.1, 0.15) is 22.5 Å². The van der Waals surface area contributed by atoms with Crippen molar-refractivity contribution in [2.24, 2.45) is 0 Å². The third-order valence-corrected chi connectivity index (χ3v) is 8.88. The Morgan fingerprint density at radius 1 is 0.739 bits per heavy atom. The SMILES string of the molecule is COc1ccc(-c2nc(C(C(=O)c3ccc(OC)c(OC)c3)C(=O)c3ccc(OC)c(OC)c3)sc2CC2=CC=C(F)CC2)cc1. The van der Waals surface area contributed by atoms with Gasteiger partial charge in [0, 0.05) is 34.4 Å². The Morgan fingerprint density at radius 2 is 1.30 bits per heavy atom. The van der Waals surface area contributed by atoms with E-state index in [1.807, 2.05) is 24.3 Å². The van der Waals surface area contributed by atoms with Gasteiger partial charge in [-0.15, -0.1) is 11.3 Å². The first-order chi connectivity index (χ1) is 22.3. The second-order valence-corrected chi connectivity index (χ2v) is 11.6. The van der Waals surface area contributed by atoms with Crippen molar-refractivity contribution in [2.75, 3.05) is 35.5 Å². The molecule has 8 nitrogen and oxygen atoms in total. The molecular formula is C36H34FNO7S. The fourth-order valence-electron chi connectivity index (χ4n) is 5.25. The zero-order chi connectivity index (χ0) is 32.8. The topological polar surface area (TPSA) is 93.2 Å². The molecule has 0 radical (unpaired) electrons. The molecule has 0 N–H and O–H groups in total. The van der Waals surface area contributed by atoms with Gasteiger partial charge in [-0.1, -0.05) is 11.6 Å². The monoisotopic (exact) mass is 643 g/mol. The molecule has 5 rings (SSSR count). The van der Waals surface area contributed by atoms with Crippen molar-refractivity contribution in [1.82, 2.24) is 4.98 Å². The molecule has 0 fully saturated rings. The van der Waals surface area contributed by atoms with Gasteiger partial charge < -0.3 is 23.7 Å². The third-order valence-electron chi connectivity index (χ3n) is 7.76. The van der Waals surface area contributed by atoms with Crippen LogP contribution in [0.25, 0.3) is 11.3 Å². The number of carbonyl (C=O) groups is 2. The summed E-state index contributed by atoms with van der Waals surface area (Å²) < 4.78 is 40.8. The molecule has 1 aliphatic rings. The number of hydrogen-bond donors (Lipinski definition) is 0. The molecule has 0 spiro atoms. The van der Waals surface area contributed by atoms with Gasteiger partial charge in [0.25, 0.3) is 0 Å². The highest BCUT2D eigenvalue weighted by atomic mass is 32.1. The van der Waals surface area contributed by atoms with Gasteiger partial charge in [0.15, 0.2) is 34.6 Å². The predicted octanol–water partition coefficient (Wildman–Crippen LogP) is 7.82. The molecule has 1 aliphatic carbocycles. The number of aromatic nitrogens is 1. The molecule has 0 unspecified atom stereocenters. The first-order valence-electron chi connectivity index (χ1n) is 14.5. The van der Waals surface area contributed by atoms with Crippen LogP contribution in [-0.4, -0.2) is 52.1 Å². The third kappa shape index (κ3) is 6.82. The number of methoxy groups -OCH3 is 5. The Bertz CT molecular complexity index is 1740. The molecule has 4 aromatic rings. The molecule has 0 saturated heterocycles. The van der Waals surface area contributed by atoms with Crippen LogP contribution >= 0.6 is 11.3 Å². The molecule has 1 aromatic heterocycles. The Labute approximate surface area is 271 Å². The molecule has 238 valence electrons. The normalized spacial score (nSPS) is 12.7. The van der Waals surface area contributed by atoms with Gasteiger partial charge in [-0.05, 0) is 73.2 Å². The number of ether oxygens (including phenoxy) is 5. The summed E-state index contributed by atoms with van der Waals surface area (Å²) in [6.45, 7) is 0. The smallest absolute Gasteiger partial charge is 0.180 e. The molecule has 1 heterocycles. The summed E-state index contributed by atoms with van der Waals surface area (Å²) in [6, 6.07) is 17.0. The van der Waals surface area contributed by atoms with Crippen molar-refractivity contribution >= 4 is 22.9 Å². The highest BCUT2D eigenvalue weighted by Crippen LogP contribution is 2.40. The number of rotatable bonds is 13. The fourth-order valence-corrected chi connectivity index (χ4v) is 6.49. The molecule has 0 atom stereocenters. The molecule has 0 saturated carbocycles. The summed E-state index contributed by atoms with van der Waals surface area (Å²) in [5.74, 6) is -0.0644. The number of nitrogens with zero attached hydrogens (tertiary/aromatic N) is 1. The summed E-state index contributed by atoms with van der Waals surface area (Å²) in [7, 11) is 7.56.